The van der Waals surface area contributed by atoms with Crippen LogP contribution in [0.25, 0.3) is 0 Å². The van der Waals surface area contributed by atoms with Crippen LogP contribution < -0.4 is 11.1 Å². The summed E-state index contributed by atoms with van der Waals surface area (Å²) in [7, 11) is 2.15. The van der Waals surface area contributed by atoms with E-state index in [1.807, 2.05) is 25.1 Å². The fraction of sp³-hybridized carbons (Fsp3) is 0.353. The molecule has 2 aromatic rings. The maximum Gasteiger partial charge on any atom is 0.149 e. The Hall–Kier alpha value is -2.07. The molecule has 0 amide bonds. The van der Waals surface area contributed by atoms with Crippen molar-refractivity contribution in [2.45, 2.75) is 19.9 Å². The first-order valence-electron chi connectivity index (χ1n) is 7.34. The summed E-state index contributed by atoms with van der Waals surface area (Å²) in [5.74, 6) is 0.792. The van der Waals surface area contributed by atoms with Crippen LogP contribution in [0.5, 0.6) is 0 Å². The number of aryl methyl sites for hydroxylation is 1. The Balaban J connectivity index is 1.71. The summed E-state index contributed by atoms with van der Waals surface area (Å²) in [6.45, 7) is 4.86. The summed E-state index contributed by atoms with van der Waals surface area (Å²) in [5, 5.41) is 3.31. The largest absolute Gasteiger partial charge is 0.396 e. The van der Waals surface area contributed by atoms with Gasteiger partial charge in [-0.1, -0.05) is 30.3 Å². The molecular weight excluding hydrogens is 260 g/mol. The van der Waals surface area contributed by atoms with Crippen molar-refractivity contribution in [1.29, 1.82) is 0 Å². The van der Waals surface area contributed by atoms with Crippen LogP contribution in [0.1, 0.15) is 17.7 Å². The standard InChI is InChI=1S/C17H24N4/c1-14-9-10-16(18)17(20-14)19-11-6-12-21(2)13-15-7-4-3-5-8-15/h3-5,7-10H,6,11-13,18H2,1-2H3,(H,19,20). The second kappa shape index (κ2) is 7.64. The Labute approximate surface area is 127 Å². The van der Waals surface area contributed by atoms with E-state index in [9.17, 15) is 0 Å². The molecule has 0 aliphatic heterocycles. The number of nitrogens with zero attached hydrogens (tertiary/aromatic N) is 2. The highest BCUT2D eigenvalue weighted by atomic mass is 15.1. The number of hydrogen-bond donors (Lipinski definition) is 2. The van der Waals surface area contributed by atoms with Gasteiger partial charge in [-0.15, -0.1) is 0 Å². The molecule has 0 aliphatic rings. The SMILES string of the molecule is Cc1ccc(N)c(NCCCN(C)Cc2ccccc2)n1. The lowest BCUT2D eigenvalue weighted by molar-refractivity contribution is 0.325. The van der Waals surface area contributed by atoms with Gasteiger partial charge in [0.2, 0.25) is 0 Å². The van der Waals surface area contributed by atoms with Crippen LogP contribution in [0.3, 0.4) is 0 Å². The van der Waals surface area contributed by atoms with Crippen molar-refractivity contribution in [1.82, 2.24) is 9.88 Å². The topological polar surface area (TPSA) is 54.2 Å². The maximum absolute atomic E-state index is 5.90. The molecule has 1 aromatic heterocycles. The molecule has 0 spiro atoms. The number of aromatic nitrogens is 1. The van der Waals surface area contributed by atoms with Crippen molar-refractivity contribution in [3.63, 3.8) is 0 Å². The van der Waals surface area contributed by atoms with Gasteiger partial charge in [0.15, 0.2) is 0 Å². The second-order valence-corrected chi connectivity index (χ2v) is 5.39. The van der Waals surface area contributed by atoms with Crippen LogP contribution in [0, 0.1) is 6.92 Å². The summed E-state index contributed by atoms with van der Waals surface area (Å²) >= 11 is 0. The summed E-state index contributed by atoms with van der Waals surface area (Å²) in [5.41, 5.74) is 8.93. The van der Waals surface area contributed by atoms with E-state index in [-0.39, 0.29) is 0 Å². The minimum absolute atomic E-state index is 0.707. The molecule has 0 atom stereocenters. The third-order valence-corrected chi connectivity index (χ3v) is 3.37. The Kier molecular flexibility index (Phi) is 5.58. The van der Waals surface area contributed by atoms with Crippen molar-refractivity contribution >= 4 is 11.5 Å². The number of nitrogens with one attached hydrogen (secondary N) is 1. The number of nitrogens with two attached hydrogens (primary N) is 1. The van der Waals surface area contributed by atoms with E-state index in [4.69, 9.17) is 5.73 Å². The molecule has 0 unspecified atom stereocenters. The van der Waals surface area contributed by atoms with Crippen LogP contribution in [0.4, 0.5) is 11.5 Å². The fourth-order valence-electron chi connectivity index (χ4n) is 2.24. The molecule has 0 saturated heterocycles. The van der Waals surface area contributed by atoms with Gasteiger partial charge in [0, 0.05) is 18.8 Å². The molecular formula is C17H24N4. The van der Waals surface area contributed by atoms with Gasteiger partial charge in [0.1, 0.15) is 5.82 Å². The highest BCUT2D eigenvalue weighted by molar-refractivity contribution is 5.61. The van der Waals surface area contributed by atoms with Crippen molar-refractivity contribution < 1.29 is 0 Å². The normalized spacial score (nSPS) is 10.8. The molecule has 0 radical (unpaired) electrons. The molecule has 21 heavy (non-hydrogen) atoms. The van der Waals surface area contributed by atoms with Gasteiger partial charge in [0.25, 0.3) is 0 Å². The van der Waals surface area contributed by atoms with E-state index in [0.717, 1.165) is 37.6 Å². The first-order chi connectivity index (χ1) is 10.1. The van der Waals surface area contributed by atoms with Crippen molar-refractivity contribution in [3.05, 3.63) is 53.7 Å². The zero-order chi connectivity index (χ0) is 15.1. The monoisotopic (exact) mass is 284 g/mol. The minimum atomic E-state index is 0.707. The van der Waals surface area contributed by atoms with Gasteiger partial charge >= 0.3 is 0 Å². The Morgan fingerprint density at radius 2 is 1.90 bits per heavy atom. The number of pyridine rings is 1. The minimum Gasteiger partial charge on any atom is -0.396 e. The van der Waals surface area contributed by atoms with Crippen LogP contribution in [-0.2, 0) is 6.54 Å². The predicted molar refractivity (Wildman–Crippen MR) is 89.3 cm³/mol. The Morgan fingerprint density at radius 1 is 1.14 bits per heavy atom. The van der Waals surface area contributed by atoms with E-state index in [1.165, 1.54) is 5.56 Å². The summed E-state index contributed by atoms with van der Waals surface area (Å²) in [6, 6.07) is 14.3. The highest BCUT2D eigenvalue weighted by Gasteiger charge is 2.02. The third kappa shape index (κ3) is 5.08. The van der Waals surface area contributed by atoms with Crippen LogP contribution in [0.2, 0.25) is 0 Å². The van der Waals surface area contributed by atoms with Gasteiger partial charge in [-0.05, 0) is 44.6 Å². The van der Waals surface area contributed by atoms with Gasteiger partial charge in [0.05, 0.1) is 5.69 Å². The number of nitrogen functional groups attached to an aromatic ring is 1. The van der Waals surface area contributed by atoms with Crippen molar-refractivity contribution in [2.24, 2.45) is 0 Å². The molecule has 0 aliphatic carbocycles. The Morgan fingerprint density at radius 3 is 2.67 bits per heavy atom. The molecule has 3 N–H and O–H groups in total. The fourth-order valence-corrected chi connectivity index (χ4v) is 2.24. The third-order valence-electron chi connectivity index (χ3n) is 3.37. The molecule has 1 aromatic carbocycles. The van der Waals surface area contributed by atoms with Gasteiger partial charge in [-0.25, -0.2) is 4.98 Å². The average Bonchev–Trinajstić information content (AvgIpc) is 2.48. The Bertz CT molecular complexity index is 554. The lowest BCUT2D eigenvalue weighted by Crippen LogP contribution is -2.21. The molecule has 0 fully saturated rings. The van der Waals surface area contributed by atoms with E-state index < -0.39 is 0 Å². The van der Waals surface area contributed by atoms with Gasteiger partial charge in [-0.3, -0.25) is 0 Å². The molecule has 4 heteroatoms. The zero-order valence-corrected chi connectivity index (χ0v) is 12.8. The van der Waals surface area contributed by atoms with E-state index in [0.29, 0.717) is 5.69 Å². The number of anilines is 2. The van der Waals surface area contributed by atoms with E-state index >= 15 is 0 Å². The smallest absolute Gasteiger partial charge is 0.149 e. The summed E-state index contributed by atoms with van der Waals surface area (Å²) in [6.07, 6.45) is 1.05. The molecule has 4 nitrogen and oxygen atoms in total. The molecule has 2 rings (SSSR count). The van der Waals surface area contributed by atoms with E-state index in [1.54, 1.807) is 0 Å². The van der Waals surface area contributed by atoms with Crippen LogP contribution >= 0.6 is 0 Å². The predicted octanol–water partition coefficient (Wildman–Crippen LogP) is 2.91. The maximum atomic E-state index is 5.90. The number of hydrogen-bond acceptors (Lipinski definition) is 4. The number of benzene rings is 1. The van der Waals surface area contributed by atoms with Gasteiger partial charge < -0.3 is 16.0 Å². The zero-order valence-electron chi connectivity index (χ0n) is 12.8. The van der Waals surface area contributed by atoms with Crippen molar-refractivity contribution in [2.75, 3.05) is 31.2 Å². The summed E-state index contributed by atoms with van der Waals surface area (Å²) in [4.78, 5) is 6.73. The van der Waals surface area contributed by atoms with Crippen LogP contribution in [0.15, 0.2) is 42.5 Å². The quantitative estimate of drug-likeness (QED) is 0.768. The van der Waals surface area contributed by atoms with Crippen LogP contribution in [-0.4, -0.2) is 30.0 Å². The van der Waals surface area contributed by atoms with Gasteiger partial charge in [-0.2, -0.15) is 0 Å². The molecule has 112 valence electrons. The van der Waals surface area contributed by atoms with Crippen molar-refractivity contribution in [3.8, 4) is 0 Å². The number of rotatable bonds is 7. The summed E-state index contributed by atoms with van der Waals surface area (Å²) < 4.78 is 0. The first kappa shape index (κ1) is 15.3. The lowest BCUT2D eigenvalue weighted by atomic mass is 10.2. The first-order valence-corrected chi connectivity index (χ1v) is 7.34. The van der Waals surface area contributed by atoms with E-state index in [2.05, 4.69) is 46.5 Å². The highest BCUT2D eigenvalue weighted by Crippen LogP contribution is 2.15. The molecule has 0 saturated carbocycles. The molecule has 1 heterocycles. The average molecular weight is 284 g/mol. The second-order valence-electron chi connectivity index (χ2n) is 5.39. The lowest BCUT2D eigenvalue weighted by Gasteiger charge is -2.17. The molecule has 0 bridgehead atoms.